The third-order valence-electron chi connectivity index (χ3n) is 2.08. The Kier molecular flexibility index (Phi) is 8.95. The van der Waals surface area contributed by atoms with E-state index in [4.69, 9.17) is 5.73 Å². The Morgan fingerprint density at radius 3 is 2.17 bits per heavy atom. The van der Waals surface area contributed by atoms with Crippen LogP contribution in [0.2, 0.25) is 0 Å². The molecule has 0 aromatic rings. The van der Waals surface area contributed by atoms with Gasteiger partial charge in [0.1, 0.15) is 0 Å². The molecule has 0 aromatic heterocycles. The highest BCUT2D eigenvalue weighted by molar-refractivity contribution is 4.56. The zero-order valence-electron chi connectivity index (χ0n) is 8.51. The van der Waals surface area contributed by atoms with Crippen molar-refractivity contribution in [1.29, 1.82) is 0 Å². The number of nitrogens with two attached hydrogens (primary N) is 1. The summed E-state index contributed by atoms with van der Waals surface area (Å²) in [6, 6.07) is 0. The average Bonchev–Trinajstić information content (AvgIpc) is 2.93. The Morgan fingerprint density at radius 2 is 1.92 bits per heavy atom. The molecule has 2 N–H and O–H groups in total. The lowest BCUT2D eigenvalue weighted by molar-refractivity contribution is 0.461. The zero-order valence-corrected chi connectivity index (χ0v) is 8.51. The lowest BCUT2D eigenvalue weighted by Gasteiger charge is -2.09. The van der Waals surface area contributed by atoms with Gasteiger partial charge in [-0.25, -0.2) is 0 Å². The normalized spacial score (nSPS) is 16.2. The molecule has 0 bridgehead atoms. The van der Waals surface area contributed by atoms with Gasteiger partial charge in [0.15, 0.2) is 0 Å². The minimum absolute atomic E-state index is 0.782. The van der Waals surface area contributed by atoms with Crippen LogP contribution in [-0.2, 0) is 4.74 Å². The minimum atomic E-state index is 0.782. The van der Waals surface area contributed by atoms with E-state index < -0.39 is 0 Å². The Morgan fingerprint density at radius 1 is 1.33 bits per heavy atom. The molecule has 1 atom stereocenters. The van der Waals surface area contributed by atoms with Gasteiger partial charge in [-0.1, -0.05) is 33.1 Å². The molecule has 1 rings (SSSR count). The molecule has 0 amide bonds. The average molecular weight is 173 g/mol. The first-order chi connectivity index (χ1) is 5.85. The molecule has 0 aliphatic carbocycles. The summed E-state index contributed by atoms with van der Waals surface area (Å²) < 4.78 is 4.50. The summed E-state index contributed by atoms with van der Waals surface area (Å²) in [6.07, 6.45) is 5.21. The van der Waals surface area contributed by atoms with Gasteiger partial charge >= 0.3 is 0 Å². The number of epoxide rings is 1. The van der Waals surface area contributed by atoms with Crippen LogP contribution in [0.4, 0.5) is 0 Å². The summed E-state index contributed by atoms with van der Waals surface area (Å²) >= 11 is 0. The molecule has 1 fully saturated rings. The van der Waals surface area contributed by atoms with Crippen molar-refractivity contribution in [2.45, 2.75) is 39.5 Å². The van der Waals surface area contributed by atoms with Crippen LogP contribution in [0.5, 0.6) is 0 Å². The van der Waals surface area contributed by atoms with Gasteiger partial charge in [-0.2, -0.15) is 0 Å². The highest BCUT2D eigenvalue weighted by Gasteiger charge is 2.00. The quantitative estimate of drug-likeness (QED) is 0.647. The molecular weight excluding hydrogens is 150 g/mol. The Hall–Kier alpha value is -0.0800. The maximum atomic E-state index is 5.52. The summed E-state index contributed by atoms with van der Waals surface area (Å²) in [5.74, 6) is 0.782. The number of rotatable bonds is 5. The van der Waals surface area contributed by atoms with E-state index in [0.717, 1.165) is 25.7 Å². The number of hydrogen-bond acceptors (Lipinski definition) is 2. The van der Waals surface area contributed by atoms with Crippen LogP contribution < -0.4 is 5.73 Å². The fourth-order valence-electron chi connectivity index (χ4n) is 0.981. The van der Waals surface area contributed by atoms with Crippen LogP contribution in [-0.4, -0.2) is 19.8 Å². The van der Waals surface area contributed by atoms with E-state index in [9.17, 15) is 0 Å². The molecule has 0 radical (unpaired) electrons. The van der Waals surface area contributed by atoms with Crippen molar-refractivity contribution in [3.8, 4) is 0 Å². The highest BCUT2D eigenvalue weighted by Crippen LogP contribution is 2.09. The maximum absolute atomic E-state index is 5.52. The monoisotopic (exact) mass is 173 g/mol. The van der Waals surface area contributed by atoms with Crippen molar-refractivity contribution in [1.82, 2.24) is 0 Å². The fraction of sp³-hybridized carbons (Fsp3) is 1.00. The van der Waals surface area contributed by atoms with Gasteiger partial charge in [-0.15, -0.1) is 0 Å². The zero-order chi connectivity index (χ0) is 9.23. The van der Waals surface area contributed by atoms with Crippen molar-refractivity contribution in [2.24, 2.45) is 11.7 Å². The van der Waals surface area contributed by atoms with E-state index in [0.29, 0.717) is 0 Å². The fourth-order valence-corrected chi connectivity index (χ4v) is 0.981. The van der Waals surface area contributed by atoms with Crippen LogP contribution in [0.3, 0.4) is 0 Å². The smallest absolute Gasteiger partial charge is 0.0701 e. The summed E-state index contributed by atoms with van der Waals surface area (Å²) in [7, 11) is 0. The van der Waals surface area contributed by atoms with E-state index in [-0.39, 0.29) is 0 Å². The van der Waals surface area contributed by atoms with Crippen molar-refractivity contribution >= 4 is 0 Å². The summed E-state index contributed by atoms with van der Waals surface area (Å²) in [6.45, 7) is 7.31. The van der Waals surface area contributed by atoms with Crippen LogP contribution in [0.15, 0.2) is 0 Å². The van der Waals surface area contributed by atoms with Crippen LogP contribution in [0.25, 0.3) is 0 Å². The van der Waals surface area contributed by atoms with E-state index >= 15 is 0 Å². The molecule has 0 aromatic carbocycles. The van der Waals surface area contributed by atoms with E-state index in [1.165, 1.54) is 25.7 Å². The van der Waals surface area contributed by atoms with E-state index in [1.807, 2.05) is 0 Å². The van der Waals surface area contributed by atoms with Crippen molar-refractivity contribution in [3.05, 3.63) is 0 Å². The van der Waals surface area contributed by atoms with Gasteiger partial charge < -0.3 is 10.5 Å². The molecular formula is C10H23NO. The molecule has 1 aliphatic heterocycles. The van der Waals surface area contributed by atoms with Gasteiger partial charge in [-0.3, -0.25) is 0 Å². The van der Waals surface area contributed by atoms with Crippen molar-refractivity contribution in [2.75, 3.05) is 19.8 Å². The van der Waals surface area contributed by atoms with Gasteiger partial charge in [-0.05, 0) is 18.9 Å². The second kappa shape index (κ2) is 9.01. The molecule has 74 valence electrons. The maximum Gasteiger partial charge on any atom is 0.0701 e. The lowest BCUT2D eigenvalue weighted by Crippen LogP contribution is -2.12. The Bertz CT molecular complexity index is 77.2. The third-order valence-corrected chi connectivity index (χ3v) is 2.08. The molecule has 1 heterocycles. The third kappa shape index (κ3) is 9.92. The topological polar surface area (TPSA) is 38.5 Å². The predicted molar refractivity (Wildman–Crippen MR) is 53.2 cm³/mol. The standard InChI is InChI=1S/C8H19N.C2H4O/c1-3-5-6-8(4-2)7-9;1-2-3-1/h8H,3-7,9H2,1-2H3;1-2H2. The molecule has 12 heavy (non-hydrogen) atoms. The molecule has 1 aliphatic rings. The van der Waals surface area contributed by atoms with Gasteiger partial charge in [0, 0.05) is 0 Å². The van der Waals surface area contributed by atoms with Crippen LogP contribution in [0.1, 0.15) is 39.5 Å². The lowest BCUT2D eigenvalue weighted by atomic mass is 10.00. The highest BCUT2D eigenvalue weighted by atomic mass is 16.6. The second-order valence-corrected chi connectivity index (χ2v) is 3.26. The summed E-state index contributed by atoms with van der Waals surface area (Å²) in [5.41, 5.74) is 5.52. The van der Waals surface area contributed by atoms with Crippen molar-refractivity contribution in [3.63, 3.8) is 0 Å². The molecule has 1 unspecified atom stereocenters. The second-order valence-electron chi connectivity index (χ2n) is 3.26. The predicted octanol–water partition coefficient (Wildman–Crippen LogP) is 2.18. The molecule has 1 saturated heterocycles. The molecule has 0 spiro atoms. The molecule has 0 saturated carbocycles. The minimum Gasteiger partial charge on any atom is -0.377 e. The number of hydrogen-bond donors (Lipinski definition) is 1. The molecule has 2 heteroatoms. The van der Waals surface area contributed by atoms with Gasteiger partial charge in [0.25, 0.3) is 0 Å². The van der Waals surface area contributed by atoms with E-state index in [1.54, 1.807) is 0 Å². The van der Waals surface area contributed by atoms with Gasteiger partial charge in [0.2, 0.25) is 0 Å². The number of ether oxygens (including phenoxy) is 1. The number of unbranched alkanes of at least 4 members (excludes halogenated alkanes) is 1. The van der Waals surface area contributed by atoms with Crippen LogP contribution >= 0.6 is 0 Å². The van der Waals surface area contributed by atoms with Gasteiger partial charge in [0.05, 0.1) is 13.2 Å². The first-order valence-electron chi connectivity index (χ1n) is 5.12. The molecule has 2 nitrogen and oxygen atoms in total. The Balaban J connectivity index is 0.000000330. The largest absolute Gasteiger partial charge is 0.377 e. The summed E-state index contributed by atoms with van der Waals surface area (Å²) in [5, 5.41) is 0. The summed E-state index contributed by atoms with van der Waals surface area (Å²) in [4.78, 5) is 0. The van der Waals surface area contributed by atoms with Crippen molar-refractivity contribution < 1.29 is 4.74 Å². The van der Waals surface area contributed by atoms with E-state index in [2.05, 4.69) is 18.6 Å². The first-order valence-corrected chi connectivity index (χ1v) is 5.12. The Labute approximate surface area is 76.5 Å². The van der Waals surface area contributed by atoms with Crippen LogP contribution in [0, 0.1) is 5.92 Å². The first kappa shape index (κ1) is 11.9. The SMILES string of the molecule is C1CO1.CCCCC(CC)CN.